The zero-order valence-corrected chi connectivity index (χ0v) is 17.4. The van der Waals surface area contributed by atoms with Crippen LogP contribution in [0.1, 0.15) is 39.0 Å². The molecule has 3 rings (SSSR count). The summed E-state index contributed by atoms with van der Waals surface area (Å²) in [4.78, 5) is 32.2. The summed E-state index contributed by atoms with van der Waals surface area (Å²) in [6.07, 6.45) is 4.83. The second-order valence-corrected chi connectivity index (χ2v) is 8.02. The molecule has 6 nitrogen and oxygen atoms in total. The summed E-state index contributed by atoms with van der Waals surface area (Å²) in [5, 5.41) is 0. The number of amides is 2. The van der Waals surface area contributed by atoms with Crippen LogP contribution in [0.5, 0.6) is 5.75 Å². The third kappa shape index (κ3) is 4.49. The van der Waals surface area contributed by atoms with Crippen LogP contribution in [0.25, 0.3) is 0 Å². The summed E-state index contributed by atoms with van der Waals surface area (Å²) in [5.74, 6) is 0.881. The van der Waals surface area contributed by atoms with Gasteiger partial charge in [0.1, 0.15) is 12.3 Å². The van der Waals surface area contributed by atoms with Gasteiger partial charge in [0.2, 0.25) is 11.8 Å². The number of hydrogen-bond donors (Lipinski definition) is 0. The van der Waals surface area contributed by atoms with Gasteiger partial charge in [-0.1, -0.05) is 31.9 Å². The van der Waals surface area contributed by atoms with Crippen LogP contribution in [-0.4, -0.2) is 68.0 Å². The van der Waals surface area contributed by atoms with Gasteiger partial charge >= 0.3 is 0 Å². The van der Waals surface area contributed by atoms with Gasteiger partial charge in [0, 0.05) is 12.5 Å². The molecule has 2 saturated heterocycles. The number of para-hydroxylation sites is 2. The van der Waals surface area contributed by atoms with Gasteiger partial charge in [0.15, 0.2) is 0 Å². The van der Waals surface area contributed by atoms with Crippen LogP contribution >= 0.6 is 0 Å². The SMILES string of the molecule is CCCCC1CN(c2ccccc2OC)C(=O)CN1C(=O)C1CCN(C)CC1. The smallest absolute Gasteiger partial charge is 0.246 e. The number of carbonyl (C=O) groups excluding carboxylic acids is 2. The summed E-state index contributed by atoms with van der Waals surface area (Å²) in [5.41, 5.74) is 0.794. The van der Waals surface area contributed by atoms with Gasteiger partial charge in [-0.3, -0.25) is 9.59 Å². The molecule has 1 unspecified atom stereocenters. The predicted octanol–water partition coefficient (Wildman–Crippen LogP) is 2.77. The van der Waals surface area contributed by atoms with Crippen LogP contribution in [-0.2, 0) is 9.59 Å². The predicted molar refractivity (Wildman–Crippen MR) is 111 cm³/mol. The molecule has 1 aromatic carbocycles. The zero-order valence-electron chi connectivity index (χ0n) is 17.4. The summed E-state index contributed by atoms with van der Waals surface area (Å²) < 4.78 is 5.46. The molecule has 0 aliphatic carbocycles. The van der Waals surface area contributed by atoms with Crippen molar-refractivity contribution in [2.24, 2.45) is 5.92 Å². The molecule has 0 saturated carbocycles. The molecule has 2 heterocycles. The Bertz CT molecular complexity index is 685. The fourth-order valence-electron chi connectivity index (χ4n) is 4.29. The summed E-state index contributed by atoms with van der Waals surface area (Å²) in [7, 11) is 3.72. The van der Waals surface area contributed by atoms with Crippen molar-refractivity contribution in [1.29, 1.82) is 0 Å². The number of likely N-dealkylation sites (tertiary alicyclic amines) is 1. The number of unbranched alkanes of at least 4 members (excludes halogenated alkanes) is 1. The molecule has 1 aromatic rings. The molecule has 154 valence electrons. The first kappa shape index (κ1) is 20.6. The number of carbonyl (C=O) groups is 2. The van der Waals surface area contributed by atoms with Gasteiger partial charge in [-0.05, 0) is 51.5 Å². The first-order chi connectivity index (χ1) is 13.5. The average Bonchev–Trinajstić information content (AvgIpc) is 2.72. The zero-order chi connectivity index (χ0) is 20.1. The van der Waals surface area contributed by atoms with Crippen LogP contribution in [0.2, 0.25) is 0 Å². The Hall–Kier alpha value is -2.08. The van der Waals surface area contributed by atoms with E-state index in [9.17, 15) is 9.59 Å². The second-order valence-electron chi connectivity index (χ2n) is 8.02. The quantitative estimate of drug-likeness (QED) is 0.753. The van der Waals surface area contributed by atoms with Gasteiger partial charge in [0.05, 0.1) is 18.8 Å². The van der Waals surface area contributed by atoms with E-state index >= 15 is 0 Å². The number of ether oxygens (including phenoxy) is 1. The van der Waals surface area contributed by atoms with Gasteiger partial charge in [-0.2, -0.15) is 0 Å². The van der Waals surface area contributed by atoms with E-state index in [-0.39, 0.29) is 30.3 Å². The maximum Gasteiger partial charge on any atom is 0.246 e. The van der Waals surface area contributed by atoms with Crippen molar-refractivity contribution in [2.45, 2.75) is 45.1 Å². The topological polar surface area (TPSA) is 53.1 Å². The van der Waals surface area contributed by atoms with E-state index in [2.05, 4.69) is 18.9 Å². The lowest BCUT2D eigenvalue weighted by atomic mass is 9.93. The number of nitrogens with zero attached hydrogens (tertiary/aromatic N) is 3. The van der Waals surface area contributed by atoms with Gasteiger partial charge in [0.25, 0.3) is 0 Å². The Kier molecular flexibility index (Phi) is 6.94. The summed E-state index contributed by atoms with van der Waals surface area (Å²) in [6, 6.07) is 7.68. The number of benzene rings is 1. The maximum atomic E-state index is 13.3. The third-order valence-corrected chi connectivity index (χ3v) is 6.06. The molecule has 6 heteroatoms. The van der Waals surface area contributed by atoms with E-state index in [1.165, 1.54) is 0 Å². The minimum atomic E-state index is -0.0291. The van der Waals surface area contributed by atoms with Gasteiger partial charge in [-0.15, -0.1) is 0 Å². The number of anilines is 1. The number of hydrogen-bond acceptors (Lipinski definition) is 4. The Balaban J connectivity index is 1.79. The molecule has 2 aliphatic heterocycles. The average molecular weight is 388 g/mol. The fourth-order valence-corrected chi connectivity index (χ4v) is 4.29. The molecule has 1 atom stereocenters. The lowest BCUT2D eigenvalue weighted by molar-refractivity contribution is -0.144. The lowest BCUT2D eigenvalue weighted by Gasteiger charge is -2.43. The maximum absolute atomic E-state index is 13.3. The van der Waals surface area contributed by atoms with Crippen molar-refractivity contribution >= 4 is 17.5 Å². The molecule has 0 aromatic heterocycles. The van der Waals surface area contributed by atoms with Gasteiger partial charge < -0.3 is 19.4 Å². The van der Waals surface area contributed by atoms with E-state index in [0.29, 0.717) is 12.3 Å². The number of methoxy groups -OCH3 is 1. The Morgan fingerprint density at radius 1 is 1.21 bits per heavy atom. The van der Waals surface area contributed by atoms with E-state index in [0.717, 1.165) is 50.9 Å². The van der Waals surface area contributed by atoms with Crippen LogP contribution in [0.3, 0.4) is 0 Å². The highest BCUT2D eigenvalue weighted by Crippen LogP contribution is 2.32. The molecule has 2 amide bonds. The summed E-state index contributed by atoms with van der Waals surface area (Å²) in [6.45, 7) is 4.76. The van der Waals surface area contributed by atoms with Crippen LogP contribution in [0.15, 0.2) is 24.3 Å². The largest absolute Gasteiger partial charge is 0.495 e. The van der Waals surface area contributed by atoms with Crippen LogP contribution in [0, 0.1) is 5.92 Å². The highest BCUT2D eigenvalue weighted by Gasteiger charge is 2.39. The van der Waals surface area contributed by atoms with E-state index in [1.807, 2.05) is 29.2 Å². The minimum absolute atomic E-state index is 0.0291. The first-order valence-electron chi connectivity index (χ1n) is 10.5. The Morgan fingerprint density at radius 3 is 2.61 bits per heavy atom. The number of rotatable bonds is 6. The molecule has 0 bridgehead atoms. The van der Waals surface area contributed by atoms with Crippen molar-refractivity contribution in [1.82, 2.24) is 9.80 Å². The fraction of sp³-hybridized carbons (Fsp3) is 0.636. The minimum Gasteiger partial charge on any atom is -0.495 e. The number of piperidine rings is 1. The van der Waals surface area contributed by atoms with E-state index in [4.69, 9.17) is 4.74 Å². The third-order valence-electron chi connectivity index (χ3n) is 6.06. The highest BCUT2D eigenvalue weighted by molar-refractivity contribution is 5.99. The van der Waals surface area contributed by atoms with Crippen LogP contribution < -0.4 is 9.64 Å². The number of piperazine rings is 1. The molecule has 2 aliphatic rings. The molecule has 28 heavy (non-hydrogen) atoms. The van der Waals surface area contributed by atoms with E-state index in [1.54, 1.807) is 12.0 Å². The molecule has 0 radical (unpaired) electrons. The second kappa shape index (κ2) is 9.41. The van der Waals surface area contributed by atoms with Crippen molar-refractivity contribution in [3.05, 3.63) is 24.3 Å². The summed E-state index contributed by atoms with van der Waals surface area (Å²) >= 11 is 0. The standard InChI is InChI=1S/C22H33N3O3/c1-4-5-8-18-15-25(19-9-6-7-10-20(19)28-3)21(26)16-24(18)22(27)17-11-13-23(2)14-12-17/h6-7,9-10,17-18H,4-5,8,11-16H2,1-3H3. The van der Waals surface area contributed by atoms with Crippen LogP contribution in [0.4, 0.5) is 5.69 Å². The van der Waals surface area contributed by atoms with E-state index < -0.39 is 0 Å². The molecular formula is C22H33N3O3. The van der Waals surface area contributed by atoms with Crippen molar-refractivity contribution in [3.63, 3.8) is 0 Å². The van der Waals surface area contributed by atoms with Gasteiger partial charge in [-0.25, -0.2) is 0 Å². The van der Waals surface area contributed by atoms with Crippen molar-refractivity contribution in [2.75, 3.05) is 45.2 Å². The monoisotopic (exact) mass is 387 g/mol. The van der Waals surface area contributed by atoms with Crippen molar-refractivity contribution in [3.8, 4) is 5.75 Å². The normalized spacial score (nSPS) is 21.8. The highest BCUT2D eigenvalue weighted by atomic mass is 16.5. The molecular weight excluding hydrogens is 354 g/mol. The Morgan fingerprint density at radius 2 is 1.93 bits per heavy atom. The molecule has 0 spiro atoms. The Labute approximate surface area is 168 Å². The molecule has 0 N–H and O–H groups in total. The first-order valence-corrected chi connectivity index (χ1v) is 10.5. The van der Waals surface area contributed by atoms with Crippen molar-refractivity contribution < 1.29 is 14.3 Å². The lowest BCUT2D eigenvalue weighted by Crippen LogP contribution is -2.59. The molecule has 2 fully saturated rings.